The topological polar surface area (TPSA) is 78.6 Å². The van der Waals surface area contributed by atoms with Gasteiger partial charge in [-0.25, -0.2) is 0 Å². The summed E-state index contributed by atoms with van der Waals surface area (Å²) in [5.74, 6) is 0.360. The zero-order valence-electron chi connectivity index (χ0n) is 11.5. The third kappa shape index (κ3) is 4.10. The van der Waals surface area contributed by atoms with E-state index >= 15 is 0 Å². The summed E-state index contributed by atoms with van der Waals surface area (Å²) in [4.78, 5) is 13.9. The summed E-state index contributed by atoms with van der Waals surface area (Å²) in [5.41, 5.74) is 6.75. The lowest BCUT2D eigenvalue weighted by Gasteiger charge is -2.34. The van der Waals surface area contributed by atoms with Crippen molar-refractivity contribution in [3.8, 4) is 0 Å². The molecule has 1 aliphatic carbocycles. The van der Waals surface area contributed by atoms with Gasteiger partial charge in [0.2, 0.25) is 5.91 Å². The van der Waals surface area contributed by atoms with E-state index in [1.54, 1.807) is 18.2 Å². The van der Waals surface area contributed by atoms with Gasteiger partial charge in [0.25, 0.3) is 0 Å². The van der Waals surface area contributed by atoms with Crippen molar-refractivity contribution in [1.29, 1.82) is 0 Å². The van der Waals surface area contributed by atoms with E-state index in [4.69, 9.17) is 17.3 Å². The molecule has 2 rings (SSSR count). The van der Waals surface area contributed by atoms with Crippen LogP contribution in [0.25, 0.3) is 0 Å². The number of anilines is 2. The number of aliphatic hydroxyl groups excluding tert-OH is 1. The van der Waals surface area contributed by atoms with Crippen LogP contribution in [-0.4, -0.2) is 42.2 Å². The van der Waals surface area contributed by atoms with Gasteiger partial charge in [0.1, 0.15) is 0 Å². The predicted octanol–water partition coefficient (Wildman–Crippen LogP) is 1.56. The number of halogens is 1. The molecule has 1 aromatic rings. The molecule has 0 bridgehead atoms. The second-order valence-electron chi connectivity index (χ2n) is 5.48. The van der Waals surface area contributed by atoms with Gasteiger partial charge in [-0.15, -0.1) is 0 Å². The van der Waals surface area contributed by atoms with E-state index < -0.39 is 0 Å². The van der Waals surface area contributed by atoms with Crippen molar-refractivity contribution in [3.05, 3.63) is 23.2 Å². The van der Waals surface area contributed by atoms with Gasteiger partial charge >= 0.3 is 0 Å². The molecule has 5 nitrogen and oxygen atoms in total. The number of rotatable bonds is 5. The fourth-order valence-electron chi connectivity index (χ4n) is 2.43. The van der Waals surface area contributed by atoms with E-state index in [2.05, 4.69) is 5.32 Å². The van der Waals surface area contributed by atoms with Crippen LogP contribution in [0.15, 0.2) is 18.2 Å². The molecule has 1 aromatic carbocycles. The summed E-state index contributed by atoms with van der Waals surface area (Å²) in [6, 6.07) is 4.99. The van der Waals surface area contributed by atoms with E-state index in [0.29, 0.717) is 22.3 Å². The Hall–Kier alpha value is -1.30. The molecule has 1 saturated carbocycles. The van der Waals surface area contributed by atoms with Crippen molar-refractivity contribution in [2.75, 3.05) is 31.2 Å². The first-order chi connectivity index (χ1) is 9.44. The van der Waals surface area contributed by atoms with Crippen molar-refractivity contribution in [3.63, 3.8) is 0 Å². The number of aliphatic hydroxyl groups is 1. The first-order valence-electron chi connectivity index (χ1n) is 6.65. The lowest BCUT2D eigenvalue weighted by atomic mass is 9.82. The van der Waals surface area contributed by atoms with E-state index in [1.807, 2.05) is 11.9 Å². The highest BCUT2D eigenvalue weighted by atomic mass is 35.5. The highest BCUT2D eigenvalue weighted by Gasteiger charge is 2.28. The van der Waals surface area contributed by atoms with Crippen molar-refractivity contribution >= 4 is 28.9 Å². The number of nitrogen functional groups attached to an aromatic ring is 1. The normalized spacial score (nSPS) is 21.6. The summed E-state index contributed by atoms with van der Waals surface area (Å²) < 4.78 is 0. The Labute approximate surface area is 123 Å². The second-order valence-corrected chi connectivity index (χ2v) is 5.88. The molecular weight excluding hydrogens is 278 g/mol. The molecule has 1 fully saturated rings. The number of benzene rings is 1. The van der Waals surface area contributed by atoms with Gasteiger partial charge in [-0.2, -0.15) is 0 Å². The number of carbonyl (C=O) groups excluding carboxylic acids is 1. The molecule has 0 radical (unpaired) electrons. The summed E-state index contributed by atoms with van der Waals surface area (Å²) >= 11 is 6.00. The van der Waals surface area contributed by atoms with E-state index in [-0.39, 0.29) is 18.6 Å². The fourth-order valence-corrected chi connectivity index (χ4v) is 2.59. The SMILES string of the molecule is CN(CC(=O)Nc1cc(N)ccc1Cl)CC1CC(O)C1. The molecule has 4 N–H and O–H groups in total. The number of hydrogen-bond donors (Lipinski definition) is 3. The van der Waals surface area contributed by atoms with Crippen LogP contribution < -0.4 is 11.1 Å². The fraction of sp³-hybridized carbons (Fsp3) is 0.500. The largest absolute Gasteiger partial charge is 0.399 e. The Bertz CT molecular complexity index is 489. The van der Waals surface area contributed by atoms with Crippen LogP contribution in [0.5, 0.6) is 0 Å². The smallest absolute Gasteiger partial charge is 0.238 e. The summed E-state index contributed by atoms with van der Waals surface area (Å²) in [7, 11) is 1.89. The van der Waals surface area contributed by atoms with Crippen LogP contribution >= 0.6 is 11.6 Å². The first-order valence-corrected chi connectivity index (χ1v) is 7.03. The minimum Gasteiger partial charge on any atom is -0.399 e. The first kappa shape index (κ1) is 15.1. The molecule has 0 aromatic heterocycles. The van der Waals surface area contributed by atoms with Gasteiger partial charge in [-0.05, 0) is 44.0 Å². The van der Waals surface area contributed by atoms with Gasteiger partial charge in [0, 0.05) is 12.2 Å². The Morgan fingerprint density at radius 1 is 1.55 bits per heavy atom. The van der Waals surface area contributed by atoms with Crippen molar-refractivity contribution in [2.24, 2.45) is 5.92 Å². The number of amides is 1. The number of nitrogens with zero attached hydrogens (tertiary/aromatic N) is 1. The average molecular weight is 298 g/mol. The molecule has 6 heteroatoms. The molecule has 0 aliphatic heterocycles. The Morgan fingerprint density at radius 2 is 2.25 bits per heavy atom. The highest BCUT2D eigenvalue weighted by molar-refractivity contribution is 6.33. The molecule has 0 spiro atoms. The maximum absolute atomic E-state index is 11.9. The van der Waals surface area contributed by atoms with Crippen LogP contribution in [0.3, 0.4) is 0 Å². The van der Waals surface area contributed by atoms with Gasteiger partial charge in [-0.3, -0.25) is 9.69 Å². The van der Waals surface area contributed by atoms with E-state index in [1.165, 1.54) is 0 Å². The molecular formula is C14H20ClN3O2. The van der Waals surface area contributed by atoms with Crippen LogP contribution in [-0.2, 0) is 4.79 Å². The maximum Gasteiger partial charge on any atom is 0.238 e. The molecule has 20 heavy (non-hydrogen) atoms. The van der Waals surface area contributed by atoms with Crippen molar-refractivity contribution < 1.29 is 9.90 Å². The van der Waals surface area contributed by atoms with Crippen LogP contribution in [0.4, 0.5) is 11.4 Å². The molecule has 0 saturated heterocycles. The number of hydrogen-bond acceptors (Lipinski definition) is 4. The zero-order chi connectivity index (χ0) is 14.7. The molecule has 0 atom stereocenters. The van der Waals surface area contributed by atoms with E-state index in [9.17, 15) is 9.90 Å². The lowest BCUT2D eigenvalue weighted by molar-refractivity contribution is -0.117. The molecule has 1 amide bonds. The molecule has 0 heterocycles. The summed E-state index contributed by atoms with van der Waals surface area (Å²) in [6.45, 7) is 1.10. The maximum atomic E-state index is 11.9. The summed E-state index contributed by atoms with van der Waals surface area (Å²) in [6.07, 6.45) is 1.49. The molecule has 1 aliphatic rings. The van der Waals surface area contributed by atoms with Crippen LogP contribution in [0.2, 0.25) is 5.02 Å². The Morgan fingerprint density at radius 3 is 2.90 bits per heavy atom. The minimum absolute atomic E-state index is 0.125. The van der Waals surface area contributed by atoms with Gasteiger partial charge < -0.3 is 16.2 Å². The van der Waals surface area contributed by atoms with E-state index in [0.717, 1.165) is 19.4 Å². The van der Waals surface area contributed by atoms with Crippen molar-refractivity contribution in [1.82, 2.24) is 4.90 Å². The third-order valence-electron chi connectivity index (χ3n) is 3.46. The standard InChI is InChI=1S/C14H20ClN3O2/c1-18(7-9-4-11(19)5-9)8-14(20)17-13-6-10(16)2-3-12(13)15/h2-3,6,9,11,19H,4-5,7-8,16H2,1H3,(H,17,20). The third-order valence-corrected chi connectivity index (χ3v) is 3.79. The van der Waals surface area contributed by atoms with Crippen LogP contribution in [0, 0.1) is 5.92 Å². The average Bonchev–Trinajstić information content (AvgIpc) is 2.31. The predicted molar refractivity (Wildman–Crippen MR) is 80.7 cm³/mol. The van der Waals surface area contributed by atoms with Crippen molar-refractivity contribution in [2.45, 2.75) is 18.9 Å². The summed E-state index contributed by atoms with van der Waals surface area (Å²) in [5, 5.41) is 12.5. The van der Waals surface area contributed by atoms with Gasteiger partial charge in [-0.1, -0.05) is 11.6 Å². The quantitative estimate of drug-likeness (QED) is 0.721. The van der Waals surface area contributed by atoms with Crippen LogP contribution in [0.1, 0.15) is 12.8 Å². The monoisotopic (exact) mass is 297 g/mol. The molecule has 0 unspecified atom stereocenters. The second kappa shape index (κ2) is 6.43. The number of nitrogens with one attached hydrogen (secondary N) is 1. The van der Waals surface area contributed by atoms with Gasteiger partial charge in [0.15, 0.2) is 0 Å². The number of likely N-dealkylation sites (N-methyl/N-ethyl adjacent to an activating group) is 1. The highest BCUT2D eigenvalue weighted by Crippen LogP contribution is 2.27. The number of carbonyl (C=O) groups is 1. The molecule has 110 valence electrons. The zero-order valence-corrected chi connectivity index (χ0v) is 12.2. The van der Waals surface area contributed by atoms with Gasteiger partial charge in [0.05, 0.1) is 23.4 Å². The Balaban J connectivity index is 1.81. The lowest BCUT2D eigenvalue weighted by Crippen LogP contribution is -2.39. The Kier molecular flexibility index (Phi) is 4.86. The minimum atomic E-state index is -0.159. The number of nitrogens with two attached hydrogens (primary N) is 1.